The summed E-state index contributed by atoms with van der Waals surface area (Å²) in [5.41, 5.74) is 0. The molecule has 1 atom stereocenters. The molecule has 2 rings (SSSR count). The van der Waals surface area contributed by atoms with Crippen molar-refractivity contribution in [3.63, 3.8) is 0 Å². The molecule has 0 aliphatic carbocycles. The van der Waals surface area contributed by atoms with Crippen LogP contribution in [0.4, 0.5) is 0 Å². The number of benzene rings is 1. The van der Waals surface area contributed by atoms with E-state index in [1.54, 1.807) is 38.3 Å². The third kappa shape index (κ3) is 5.20. The molecule has 0 aromatic heterocycles. The van der Waals surface area contributed by atoms with Gasteiger partial charge in [0.25, 0.3) is 5.91 Å². The Kier molecular flexibility index (Phi) is 6.48. The molecule has 0 unspecified atom stereocenters. The van der Waals surface area contributed by atoms with Gasteiger partial charge in [-0.05, 0) is 31.2 Å². The molecule has 1 amide bonds. The quantitative estimate of drug-likeness (QED) is 0.811. The summed E-state index contributed by atoms with van der Waals surface area (Å²) in [5.74, 6) is 1.30. The van der Waals surface area contributed by atoms with Crippen LogP contribution < -0.4 is 14.8 Å². The van der Waals surface area contributed by atoms with Crippen LogP contribution >= 0.6 is 0 Å². The van der Waals surface area contributed by atoms with E-state index in [9.17, 15) is 4.79 Å². The van der Waals surface area contributed by atoms with E-state index < -0.39 is 6.10 Å². The van der Waals surface area contributed by atoms with Crippen LogP contribution in [0, 0.1) is 0 Å². The lowest BCUT2D eigenvalue weighted by Crippen LogP contribution is -2.43. The van der Waals surface area contributed by atoms with Crippen molar-refractivity contribution in [2.75, 3.05) is 46.5 Å². The van der Waals surface area contributed by atoms with Crippen LogP contribution in [-0.2, 0) is 9.53 Å². The minimum absolute atomic E-state index is 0.107. The predicted molar refractivity (Wildman–Crippen MR) is 83.4 cm³/mol. The van der Waals surface area contributed by atoms with Gasteiger partial charge in [0.05, 0.1) is 20.3 Å². The van der Waals surface area contributed by atoms with E-state index in [-0.39, 0.29) is 5.91 Å². The minimum Gasteiger partial charge on any atom is -0.497 e. The van der Waals surface area contributed by atoms with Gasteiger partial charge in [0, 0.05) is 26.2 Å². The molecule has 6 nitrogen and oxygen atoms in total. The van der Waals surface area contributed by atoms with Gasteiger partial charge in [-0.1, -0.05) is 0 Å². The molecular weight excluding hydrogens is 284 g/mol. The highest BCUT2D eigenvalue weighted by molar-refractivity contribution is 5.80. The summed E-state index contributed by atoms with van der Waals surface area (Å²) in [5, 5.41) is 2.90. The van der Waals surface area contributed by atoms with E-state index in [1.165, 1.54) is 0 Å². The second-order valence-corrected chi connectivity index (χ2v) is 5.18. The Morgan fingerprint density at radius 1 is 1.27 bits per heavy atom. The number of rotatable bonds is 7. The zero-order chi connectivity index (χ0) is 15.8. The zero-order valence-electron chi connectivity index (χ0n) is 13.2. The molecule has 1 fully saturated rings. The van der Waals surface area contributed by atoms with Crippen LogP contribution in [0.3, 0.4) is 0 Å². The molecular formula is C16H24N2O4. The molecule has 1 saturated heterocycles. The summed E-state index contributed by atoms with van der Waals surface area (Å²) >= 11 is 0. The maximum Gasteiger partial charge on any atom is 0.260 e. The first-order chi connectivity index (χ1) is 10.7. The van der Waals surface area contributed by atoms with Crippen molar-refractivity contribution in [2.24, 2.45) is 0 Å². The lowest BCUT2D eigenvalue weighted by molar-refractivity contribution is -0.127. The molecule has 1 heterocycles. The first kappa shape index (κ1) is 16.6. The maximum absolute atomic E-state index is 12.0. The van der Waals surface area contributed by atoms with Gasteiger partial charge in [-0.3, -0.25) is 9.69 Å². The Hall–Kier alpha value is -1.79. The van der Waals surface area contributed by atoms with E-state index >= 15 is 0 Å². The normalized spacial score (nSPS) is 16.8. The van der Waals surface area contributed by atoms with Crippen molar-refractivity contribution >= 4 is 5.91 Å². The molecule has 1 aliphatic heterocycles. The van der Waals surface area contributed by atoms with Gasteiger partial charge >= 0.3 is 0 Å². The lowest BCUT2D eigenvalue weighted by Gasteiger charge is -2.26. The van der Waals surface area contributed by atoms with Gasteiger partial charge in [0.15, 0.2) is 6.10 Å². The molecule has 22 heavy (non-hydrogen) atoms. The fourth-order valence-corrected chi connectivity index (χ4v) is 2.22. The first-order valence-corrected chi connectivity index (χ1v) is 7.57. The number of amides is 1. The maximum atomic E-state index is 12.0. The molecule has 1 aromatic carbocycles. The van der Waals surface area contributed by atoms with Crippen LogP contribution in [0.2, 0.25) is 0 Å². The van der Waals surface area contributed by atoms with Gasteiger partial charge in [-0.2, -0.15) is 0 Å². The molecule has 0 radical (unpaired) electrons. The third-order valence-electron chi connectivity index (χ3n) is 3.57. The SMILES string of the molecule is COc1ccc(O[C@H](C)C(=O)NCCN2CCOCC2)cc1. The summed E-state index contributed by atoms with van der Waals surface area (Å²) < 4.78 is 16.0. The number of ether oxygens (including phenoxy) is 3. The largest absolute Gasteiger partial charge is 0.497 e. The Balaban J connectivity index is 1.69. The number of carbonyl (C=O) groups excluding carboxylic acids is 1. The van der Waals surface area contributed by atoms with Crippen LogP contribution in [0.15, 0.2) is 24.3 Å². The Labute approximate surface area is 131 Å². The average Bonchev–Trinajstić information content (AvgIpc) is 2.56. The molecule has 0 spiro atoms. The summed E-state index contributed by atoms with van der Waals surface area (Å²) in [6.07, 6.45) is -0.530. The molecule has 0 saturated carbocycles. The number of morpholine rings is 1. The predicted octanol–water partition coefficient (Wildman–Crippen LogP) is 0.911. The zero-order valence-corrected chi connectivity index (χ0v) is 13.2. The highest BCUT2D eigenvalue weighted by Crippen LogP contribution is 2.18. The highest BCUT2D eigenvalue weighted by atomic mass is 16.5. The van der Waals surface area contributed by atoms with Crippen LogP contribution in [0.1, 0.15) is 6.92 Å². The van der Waals surface area contributed by atoms with Gasteiger partial charge in [-0.25, -0.2) is 0 Å². The van der Waals surface area contributed by atoms with E-state index in [1.807, 2.05) is 0 Å². The minimum atomic E-state index is -0.530. The molecule has 122 valence electrons. The van der Waals surface area contributed by atoms with E-state index in [4.69, 9.17) is 14.2 Å². The lowest BCUT2D eigenvalue weighted by atomic mass is 10.3. The molecule has 1 aliphatic rings. The van der Waals surface area contributed by atoms with Gasteiger partial charge in [-0.15, -0.1) is 0 Å². The van der Waals surface area contributed by atoms with Crippen LogP contribution in [-0.4, -0.2) is 63.4 Å². The monoisotopic (exact) mass is 308 g/mol. The molecule has 6 heteroatoms. The van der Waals surface area contributed by atoms with Crippen molar-refractivity contribution in [1.82, 2.24) is 10.2 Å². The fourth-order valence-electron chi connectivity index (χ4n) is 2.22. The Bertz CT molecular complexity index is 458. The van der Waals surface area contributed by atoms with Crippen molar-refractivity contribution in [2.45, 2.75) is 13.0 Å². The number of nitrogens with zero attached hydrogens (tertiary/aromatic N) is 1. The Morgan fingerprint density at radius 3 is 2.55 bits per heavy atom. The van der Waals surface area contributed by atoms with Gasteiger partial charge in [0.2, 0.25) is 0 Å². The van der Waals surface area contributed by atoms with E-state index in [0.717, 1.165) is 38.6 Å². The van der Waals surface area contributed by atoms with E-state index in [2.05, 4.69) is 10.2 Å². The second-order valence-electron chi connectivity index (χ2n) is 5.18. The van der Waals surface area contributed by atoms with Gasteiger partial charge < -0.3 is 19.5 Å². The summed E-state index contributed by atoms with van der Waals surface area (Å²) in [4.78, 5) is 14.3. The van der Waals surface area contributed by atoms with Crippen molar-refractivity contribution in [1.29, 1.82) is 0 Å². The molecule has 1 aromatic rings. The van der Waals surface area contributed by atoms with Crippen molar-refractivity contribution in [3.05, 3.63) is 24.3 Å². The van der Waals surface area contributed by atoms with Crippen molar-refractivity contribution < 1.29 is 19.0 Å². The first-order valence-electron chi connectivity index (χ1n) is 7.57. The number of hydrogen-bond acceptors (Lipinski definition) is 5. The van der Waals surface area contributed by atoms with Crippen LogP contribution in [0.5, 0.6) is 11.5 Å². The van der Waals surface area contributed by atoms with Gasteiger partial charge in [0.1, 0.15) is 11.5 Å². The molecule has 1 N–H and O–H groups in total. The summed E-state index contributed by atoms with van der Waals surface area (Å²) in [6.45, 7) is 6.59. The number of nitrogens with one attached hydrogen (secondary N) is 1. The Morgan fingerprint density at radius 2 is 1.91 bits per heavy atom. The third-order valence-corrected chi connectivity index (χ3v) is 3.57. The smallest absolute Gasteiger partial charge is 0.260 e. The van der Waals surface area contributed by atoms with Crippen molar-refractivity contribution in [3.8, 4) is 11.5 Å². The standard InChI is InChI=1S/C16H24N2O4/c1-13(22-15-5-3-14(20-2)4-6-15)16(19)17-7-8-18-9-11-21-12-10-18/h3-6,13H,7-12H2,1-2H3,(H,17,19)/t13-/m1/s1. The molecule has 0 bridgehead atoms. The number of methoxy groups -OCH3 is 1. The summed E-state index contributed by atoms with van der Waals surface area (Å²) in [6, 6.07) is 7.18. The average molecular weight is 308 g/mol. The van der Waals surface area contributed by atoms with Crippen LogP contribution in [0.25, 0.3) is 0 Å². The summed E-state index contributed by atoms with van der Waals surface area (Å²) in [7, 11) is 1.61. The highest BCUT2D eigenvalue weighted by Gasteiger charge is 2.15. The fraction of sp³-hybridized carbons (Fsp3) is 0.562. The topological polar surface area (TPSA) is 60.0 Å². The number of hydrogen-bond donors (Lipinski definition) is 1. The van der Waals surface area contributed by atoms with E-state index in [0.29, 0.717) is 12.3 Å². The number of carbonyl (C=O) groups is 1. The second kappa shape index (κ2) is 8.60.